The molecule has 0 atom stereocenters. The molecule has 0 aliphatic rings. The second-order valence-electron chi connectivity index (χ2n) is 1.64. The van der Waals surface area contributed by atoms with Crippen LogP contribution in [0.15, 0.2) is 23.8 Å². The molecule has 0 spiro atoms. The third kappa shape index (κ3) is 1.73. The molecular weight excluding hydrogens is 100 g/mol. The van der Waals surface area contributed by atoms with Gasteiger partial charge in [-0.05, 0) is 19.4 Å². The van der Waals surface area contributed by atoms with Gasteiger partial charge in [-0.1, -0.05) is 12.7 Å². The molecule has 0 amide bonds. The largest absolute Gasteiger partial charge is 0.298 e. The van der Waals surface area contributed by atoms with Crippen molar-refractivity contribution in [3.05, 3.63) is 23.8 Å². The number of hydrogen-bond acceptors (Lipinski definition) is 1. The van der Waals surface area contributed by atoms with E-state index in [1.54, 1.807) is 6.08 Å². The van der Waals surface area contributed by atoms with Crippen molar-refractivity contribution >= 4 is 6.29 Å². The van der Waals surface area contributed by atoms with Crippen molar-refractivity contribution in [2.75, 3.05) is 0 Å². The van der Waals surface area contributed by atoms with Crippen LogP contribution in [0, 0.1) is 0 Å². The smallest absolute Gasteiger partial charge is 0.149 e. The molecule has 0 unspecified atom stereocenters. The van der Waals surface area contributed by atoms with Crippen molar-refractivity contribution in [2.24, 2.45) is 0 Å². The maximum absolute atomic E-state index is 10.0. The van der Waals surface area contributed by atoms with E-state index in [0.29, 0.717) is 5.57 Å². The summed E-state index contributed by atoms with van der Waals surface area (Å²) in [5, 5.41) is 0. The molecule has 8 heavy (non-hydrogen) atoms. The number of carbonyl (C=O) groups is 1. The lowest BCUT2D eigenvalue weighted by Gasteiger charge is -1.90. The molecule has 1 heteroatoms. The first-order chi connectivity index (χ1) is 3.72. The van der Waals surface area contributed by atoms with Crippen LogP contribution in [0.1, 0.15) is 13.8 Å². The number of allylic oxidation sites excluding steroid dienone is 3. The van der Waals surface area contributed by atoms with Crippen molar-refractivity contribution in [1.29, 1.82) is 0 Å². The van der Waals surface area contributed by atoms with Crippen molar-refractivity contribution < 1.29 is 4.79 Å². The van der Waals surface area contributed by atoms with Gasteiger partial charge >= 0.3 is 0 Å². The van der Waals surface area contributed by atoms with Gasteiger partial charge in [0.15, 0.2) is 0 Å². The first-order valence-corrected chi connectivity index (χ1v) is 2.49. The van der Waals surface area contributed by atoms with E-state index in [1.165, 1.54) is 0 Å². The lowest BCUT2D eigenvalue weighted by Crippen LogP contribution is -1.82. The predicted molar refractivity (Wildman–Crippen MR) is 34.6 cm³/mol. The van der Waals surface area contributed by atoms with E-state index >= 15 is 0 Å². The molecule has 0 aromatic carbocycles. The highest BCUT2D eigenvalue weighted by Crippen LogP contribution is 2.00. The molecular formula is C7H10O. The monoisotopic (exact) mass is 110 g/mol. The van der Waals surface area contributed by atoms with Crippen LogP contribution in [0.25, 0.3) is 0 Å². The lowest BCUT2D eigenvalue weighted by molar-refractivity contribution is -0.104. The van der Waals surface area contributed by atoms with Crippen molar-refractivity contribution in [1.82, 2.24) is 0 Å². The Labute approximate surface area is 49.7 Å². The average Bonchev–Trinajstić information content (AvgIpc) is 1.69. The van der Waals surface area contributed by atoms with Crippen LogP contribution in [0.5, 0.6) is 0 Å². The van der Waals surface area contributed by atoms with E-state index in [1.807, 2.05) is 13.8 Å². The van der Waals surface area contributed by atoms with Gasteiger partial charge in [-0.2, -0.15) is 0 Å². The van der Waals surface area contributed by atoms with Crippen molar-refractivity contribution in [3.63, 3.8) is 0 Å². The topological polar surface area (TPSA) is 17.1 Å². The summed E-state index contributed by atoms with van der Waals surface area (Å²) < 4.78 is 0. The molecule has 0 fully saturated rings. The summed E-state index contributed by atoms with van der Waals surface area (Å²) in [7, 11) is 0. The van der Waals surface area contributed by atoms with Crippen molar-refractivity contribution in [3.8, 4) is 0 Å². The standard InChI is InChI=1S/C7H10O/c1-4-7(5-8)6(2)3/h4-5H,2H2,1,3H3/b7-4-. The maximum Gasteiger partial charge on any atom is 0.149 e. The third-order valence-electron chi connectivity index (χ3n) is 0.931. The van der Waals surface area contributed by atoms with Crippen LogP contribution < -0.4 is 0 Å². The molecule has 0 aliphatic carbocycles. The van der Waals surface area contributed by atoms with E-state index < -0.39 is 0 Å². The van der Waals surface area contributed by atoms with Gasteiger partial charge in [-0.3, -0.25) is 4.79 Å². The summed E-state index contributed by atoms with van der Waals surface area (Å²) in [6, 6.07) is 0. The molecule has 44 valence electrons. The van der Waals surface area contributed by atoms with Crippen LogP contribution in [0.4, 0.5) is 0 Å². The first-order valence-electron chi connectivity index (χ1n) is 2.49. The summed E-state index contributed by atoms with van der Waals surface area (Å²) in [6.07, 6.45) is 2.55. The van der Waals surface area contributed by atoms with E-state index in [2.05, 4.69) is 6.58 Å². The average molecular weight is 110 g/mol. The molecule has 0 N–H and O–H groups in total. The SMILES string of the molecule is C=C(C)/C(C=O)=C\C. The Morgan fingerprint density at radius 1 is 1.62 bits per heavy atom. The Balaban J connectivity index is 4.13. The minimum Gasteiger partial charge on any atom is -0.298 e. The second kappa shape index (κ2) is 3.19. The Morgan fingerprint density at radius 2 is 2.12 bits per heavy atom. The van der Waals surface area contributed by atoms with Gasteiger partial charge in [0.1, 0.15) is 6.29 Å². The molecule has 0 bridgehead atoms. The number of hydrogen-bond donors (Lipinski definition) is 0. The van der Waals surface area contributed by atoms with Crippen LogP contribution >= 0.6 is 0 Å². The third-order valence-corrected chi connectivity index (χ3v) is 0.931. The number of carbonyl (C=O) groups excluding carboxylic acids is 1. The van der Waals surface area contributed by atoms with Gasteiger partial charge in [0, 0.05) is 5.57 Å². The Bertz CT molecular complexity index is 131. The second-order valence-corrected chi connectivity index (χ2v) is 1.64. The first kappa shape index (κ1) is 7.15. The summed E-state index contributed by atoms with van der Waals surface area (Å²) in [4.78, 5) is 10.0. The lowest BCUT2D eigenvalue weighted by atomic mass is 10.1. The van der Waals surface area contributed by atoms with E-state index in [4.69, 9.17) is 0 Å². The molecule has 0 saturated heterocycles. The Kier molecular flexibility index (Phi) is 2.85. The minimum absolute atomic E-state index is 0.685. The molecule has 0 heterocycles. The molecule has 0 aromatic heterocycles. The quantitative estimate of drug-likeness (QED) is 0.300. The summed E-state index contributed by atoms with van der Waals surface area (Å²) in [6.45, 7) is 7.22. The van der Waals surface area contributed by atoms with Crippen LogP contribution in [-0.2, 0) is 4.79 Å². The molecule has 1 nitrogen and oxygen atoms in total. The zero-order chi connectivity index (χ0) is 6.57. The Hall–Kier alpha value is -0.850. The van der Waals surface area contributed by atoms with Gasteiger partial charge in [-0.15, -0.1) is 0 Å². The Morgan fingerprint density at radius 3 is 2.12 bits per heavy atom. The van der Waals surface area contributed by atoms with Crippen LogP contribution in [0.2, 0.25) is 0 Å². The summed E-state index contributed by atoms with van der Waals surface area (Å²) in [5.41, 5.74) is 1.51. The number of aldehydes is 1. The van der Waals surface area contributed by atoms with Gasteiger partial charge in [0.05, 0.1) is 0 Å². The highest BCUT2D eigenvalue weighted by molar-refractivity contribution is 5.79. The molecule has 0 aromatic rings. The van der Waals surface area contributed by atoms with Gasteiger partial charge < -0.3 is 0 Å². The van der Waals surface area contributed by atoms with E-state index in [-0.39, 0.29) is 0 Å². The summed E-state index contributed by atoms with van der Waals surface area (Å²) in [5.74, 6) is 0. The van der Waals surface area contributed by atoms with Crippen LogP contribution in [0.3, 0.4) is 0 Å². The van der Waals surface area contributed by atoms with Gasteiger partial charge in [0.2, 0.25) is 0 Å². The fourth-order valence-corrected chi connectivity index (χ4v) is 0.415. The van der Waals surface area contributed by atoms with Gasteiger partial charge in [-0.25, -0.2) is 0 Å². The molecule has 0 radical (unpaired) electrons. The van der Waals surface area contributed by atoms with Crippen molar-refractivity contribution in [2.45, 2.75) is 13.8 Å². The normalized spacial score (nSPS) is 11.0. The van der Waals surface area contributed by atoms with E-state index in [0.717, 1.165) is 11.9 Å². The van der Waals surface area contributed by atoms with Crippen LogP contribution in [-0.4, -0.2) is 6.29 Å². The predicted octanol–water partition coefficient (Wildman–Crippen LogP) is 1.71. The molecule has 0 rings (SSSR count). The summed E-state index contributed by atoms with van der Waals surface area (Å²) >= 11 is 0. The highest BCUT2D eigenvalue weighted by Gasteiger charge is 1.89. The maximum atomic E-state index is 10.0. The molecule has 0 aliphatic heterocycles. The minimum atomic E-state index is 0.685. The fourth-order valence-electron chi connectivity index (χ4n) is 0.415. The zero-order valence-corrected chi connectivity index (χ0v) is 5.27. The van der Waals surface area contributed by atoms with Gasteiger partial charge in [0.25, 0.3) is 0 Å². The highest BCUT2D eigenvalue weighted by atomic mass is 16.1. The zero-order valence-electron chi connectivity index (χ0n) is 5.27. The molecule has 0 saturated carbocycles. The van der Waals surface area contributed by atoms with E-state index in [9.17, 15) is 4.79 Å². The number of rotatable bonds is 2. The fraction of sp³-hybridized carbons (Fsp3) is 0.286.